The third kappa shape index (κ3) is 5.92. The number of imide groups is 1. The highest BCUT2D eigenvalue weighted by molar-refractivity contribution is 5.94. The van der Waals surface area contributed by atoms with Gasteiger partial charge in [0.25, 0.3) is 5.91 Å². The van der Waals surface area contributed by atoms with Crippen LogP contribution in [0.4, 0.5) is 4.79 Å². The monoisotopic (exact) mass is 380 g/mol. The summed E-state index contributed by atoms with van der Waals surface area (Å²) in [5.41, 5.74) is 3.47. The van der Waals surface area contributed by atoms with E-state index in [1.54, 1.807) is 0 Å². The number of carbonyl (C=O) groups is 2. The first-order valence-corrected chi connectivity index (χ1v) is 10.2. The van der Waals surface area contributed by atoms with Gasteiger partial charge in [-0.15, -0.1) is 0 Å². The molecule has 0 aromatic heterocycles. The molecule has 0 aliphatic heterocycles. The molecule has 1 fully saturated rings. The quantitative estimate of drug-likeness (QED) is 0.721. The number of hydrogen-bond donors (Lipinski definition) is 3. The molecule has 0 saturated heterocycles. The summed E-state index contributed by atoms with van der Waals surface area (Å²) in [5.74, 6) is -0.277. The van der Waals surface area contributed by atoms with Crippen LogP contribution in [0.5, 0.6) is 0 Å². The van der Waals surface area contributed by atoms with Crippen LogP contribution in [-0.2, 0) is 4.79 Å². The first-order valence-electron chi connectivity index (χ1n) is 10.2. The van der Waals surface area contributed by atoms with Gasteiger partial charge in [0, 0.05) is 17.2 Å². The lowest BCUT2D eigenvalue weighted by molar-refractivity contribution is -0.676. The van der Waals surface area contributed by atoms with Crippen molar-refractivity contribution >= 4 is 11.9 Å². The molecule has 1 atom stereocenters. The lowest BCUT2D eigenvalue weighted by Crippen LogP contribution is -2.88. The van der Waals surface area contributed by atoms with Crippen LogP contribution < -0.4 is 16.0 Å². The molecule has 0 unspecified atom stereocenters. The molecule has 3 amide bonds. The van der Waals surface area contributed by atoms with Gasteiger partial charge in [-0.2, -0.15) is 0 Å². The molecule has 0 bridgehead atoms. The summed E-state index contributed by atoms with van der Waals surface area (Å²) in [6.07, 6.45) is 5.51. The number of aryl methyl sites for hydroxylation is 1. The molecule has 2 aromatic rings. The van der Waals surface area contributed by atoms with Crippen LogP contribution in [0.1, 0.15) is 54.8 Å². The largest absolute Gasteiger partial charge is 0.335 e. The second-order valence-corrected chi connectivity index (χ2v) is 7.60. The summed E-state index contributed by atoms with van der Waals surface area (Å²) in [6.45, 7) is 2.24. The van der Waals surface area contributed by atoms with E-state index < -0.39 is 0 Å². The second-order valence-electron chi connectivity index (χ2n) is 7.60. The van der Waals surface area contributed by atoms with Crippen LogP contribution in [-0.4, -0.2) is 24.5 Å². The molecule has 0 heterocycles. The number of benzene rings is 2. The van der Waals surface area contributed by atoms with Crippen LogP contribution in [0.25, 0.3) is 0 Å². The van der Waals surface area contributed by atoms with E-state index in [0.717, 1.165) is 36.8 Å². The van der Waals surface area contributed by atoms with Crippen molar-refractivity contribution < 1.29 is 14.9 Å². The molecule has 0 radical (unpaired) electrons. The van der Waals surface area contributed by atoms with Crippen molar-refractivity contribution in [3.8, 4) is 0 Å². The maximum atomic E-state index is 12.3. The average molecular weight is 381 g/mol. The number of carbonyl (C=O) groups excluding carboxylic acids is 2. The number of rotatable bonds is 6. The molecule has 1 aliphatic rings. The number of nitrogens with one attached hydrogen (secondary N) is 2. The summed E-state index contributed by atoms with van der Waals surface area (Å²) in [7, 11) is 0. The van der Waals surface area contributed by atoms with Gasteiger partial charge >= 0.3 is 6.03 Å². The first kappa shape index (κ1) is 20.1. The molecule has 148 valence electrons. The van der Waals surface area contributed by atoms with Crippen molar-refractivity contribution in [1.29, 1.82) is 0 Å². The molecule has 28 heavy (non-hydrogen) atoms. The minimum Gasteiger partial charge on any atom is -0.335 e. The fraction of sp³-hybridized carbons (Fsp3) is 0.391. The highest BCUT2D eigenvalue weighted by atomic mass is 16.2. The van der Waals surface area contributed by atoms with Crippen LogP contribution >= 0.6 is 0 Å². The van der Waals surface area contributed by atoms with Crippen molar-refractivity contribution in [3.05, 3.63) is 71.3 Å². The fourth-order valence-corrected chi connectivity index (χ4v) is 3.77. The summed E-state index contributed by atoms with van der Waals surface area (Å²) >= 11 is 0. The molecule has 1 aliphatic carbocycles. The SMILES string of the molecule is Cc1ccc([C@@H]([NH2+]CC(=O)NC(=O)NC2CCCCC2)c2ccccc2)cc1. The highest BCUT2D eigenvalue weighted by Gasteiger charge is 2.21. The van der Waals surface area contributed by atoms with E-state index >= 15 is 0 Å². The van der Waals surface area contributed by atoms with E-state index in [2.05, 4.69) is 54.0 Å². The standard InChI is InChI=1S/C23H29N3O2/c1-17-12-14-19(15-13-17)22(18-8-4-2-5-9-18)24-16-21(27)26-23(28)25-20-10-6-3-7-11-20/h2,4-5,8-9,12-15,20,22,24H,3,6-7,10-11,16H2,1H3,(H2,25,26,27,28)/p+1/t22-/m0/s1. The molecule has 4 N–H and O–H groups in total. The van der Waals surface area contributed by atoms with Gasteiger partial charge in [-0.25, -0.2) is 4.79 Å². The van der Waals surface area contributed by atoms with Crippen molar-refractivity contribution in [1.82, 2.24) is 10.6 Å². The minimum absolute atomic E-state index is 0.00829. The Hall–Kier alpha value is -2.66. The van der Waals surface area contributed by atoms with E-state index in [1.165, 1.54) is 12.0 Å². The highest BCUT2D eigenvalue weighted by Crippen LogP contribution is 2.19. The molecule has 1 saturated carbocycles. The zero-order valence-electron chi connectivity index (χ0n) is 16.5. The van der Waals surface area contributed by atoms with Gasteiger partial charge in [0.15, 0.2) is 6.54 Å². The third-order valence-electron chi connectivity index (χ3n) is 5.33. The van der Waals surface area contributed by atoms with E-state index in [1.807, 2.05) is 23.5 Å². The van der Waals surface area contributed by atoms with Gasteiger partial charge in [0.05, 0.1) is 0 Å². The van der Waals surface area contributed by atoms with Gasteiger partial charge in [-0.05, 0) is 19.8 Å². The minimum atomic E-state index is -0.378. The van der Waals surface area contributed by atoms with Gasteiger partial charge in [-0.3, -0.25) is 10.1 Å². The molecule has 2 aromatic carbocycles. The Morgan fingerprint density at radius 1 is 0.964 bits per heavy atom. The first-order chi connectivity index (χ1) is 13.6. The van der Waals surface area contributed by atoms with Gasteiger partial charge in [0.2, 0.25) is 0 Å². The predicted molar refractivity (Wildman–Crippen MR) is 110 cm³/mol. The maximum absolute atomic E-state index is 12.3. The van der Waals surface area contributed by atoms with Crippen molar-refractivity contribution in [2.24, 2.45) is 0 Å². The van der Waals surface area contributed by atoms with E-state index in [9.17, 15) is 9.59 Å². The van der Waals surface area contributed by atoms with Crippen LogP contribution in [0.2, 0.25) is 0 Å². The average Bonchev–Trinajstić information content (AvgIpc) is 2.71. The van der Waals surface area contributed by atoms with Gasteiger partial charge < -0.3 is 10.6 Å². The Morgan fingerprint density at radius 2 is 1.61 bits per heavy atom. The molecule has 5 nitrogen and oxygen atoms in total. The Morgan fingerprint density at radius 3 is 2.29 bits per heavy atom. The predicted octanol–water partition coefficient (Wildman–Crippen LogP) is 2.81. The Bertz CT molecular complexity index is 768. The van der Waals surface area contributed by atoms with Crippen molar-refractivity contribution in [3.63, 3.8) is 0 Å². The van der Waals surface area contributed by atoms with Crippen molar-refractivity contribution in [2.75, 3.05) is 6.54 Å². The van der Waals surface area contributed by atoms with E-state index in [-0.39, 0.29) is 30.6 Å². The summed E-state index contributed by atoms with van der Waals surface area (Å²) in [4.78, 5) is 24.4. The molecular weight excluding hydrogens is 350 g/mol. The molecule has 0 spiro atoms. The number of urea groups is 1. The smallest absolute Gasteiger partial charge is 0.321 e. The number of amides is 3. The zero-order valence-corrected chi connectivity index (χ0v) is 16.5. The van der Waals surface area contributed by atoms with Crippen LogP contribution in [0, 0.1) is 6.92 Å². The number of nitrogens with two attached hydrogens (primary N) is 1. The van der Waals surface area contributed by atoms with Crippen LogP contribution in [0.3, 0.4) is 0 Å². The number of quaternary nitrogens is 1. The normalized spacial score (nSPS) is 15.6. The van der Waals surface area contributed by atoms with E-state index in [4.69, 9.17) is 0 Å². The summed E-state index contributed by atoms with van der Waals surface area (Å²) in [6, 6.07) is 18.3. The molecule has 5 heteroatoms. The van der Waals surface area contributed by atoms with Gasteiger partial charge in [0.1, 0.15) is 6.04 Å². The third-order valence-corrected chi connectivity index (χ3v) is 5.33. The Kier molecular flexibility index (Phi) is 7.20. The number of hydrogen-bond acceptors (Lipinski definition) is 2. The van der Waals surface area contributed by atoms with Crippen molar-refractivity contribution in [2.45, 2.75) is 51.1 Å². The zero-order chi connectivity index (χ0) is 19.8. The summed E-state index contributed by atoms with van der Waals surface area (Å²) in [5, 5.41) is 7.37. The maximum Gasteiger partial charge on any atom is 0.321 e. The Labute approximate surface area is 166 Å². The Balaban J connectivity index is 1.57. The summed E-state index contributed by atoms with van der Waals surface area (Å²) < 4.78 is 0. The molecular formula is C23H30N3O2+. The van der Waals surface area contributed by atoms with Crippen LogP contribution in [0.15, 0.2) is 54.6 Å². The lowest BCUT2D eigenvalue weighted by Gasteiger charge is -2.22. The fourth-order valence-electron chi connectivity index (χ4n) is 3.77. The second kappa shape index (κ2) is 10.0. The van der Waals surface area contributed by atoms with Gasteiger partial charge in [-0.1, -0.05) is 79.4 Å². The lowest BCUT2D eigenvalue weighted by atomic mass is 9.96. The topological polar surface area (TPSA) is 74.8 Å². The molecule has 3 rings (SSSR count). The van der Waals surface area contributed by atoms with E-state index in [0.29, 0.717) is 0 Å².